The van der Waals surface area contributed by atoms with Crippen LogP contribution in [0, 0.1) is 0 Å². The molecule has 3 rings (SSSR count). The fourth-order valence-corrected chi connectivity index (χ4v) is 2.84. The SMILES string of the molecule is C[C@@H]1CN(C(=O)COc2cccc3ccccc23)CC(C(=O)O)O1. The fourth-order valence-electron chi connectivity index (χ4n) is 2.84. The van der Waals surface area contributed by atoms with Crippen LogP contribution in [0.15, 0.2) is 42.5 Å². The molecule has 1 heterocycles. The van der Waals surface area contributed by atoms with E-state index in [0.717, 1.165) is 10.8 Å². The van der Waals surface area contributed by atoms with Gasteiger partial charge in [-0.25, -0.2) is 4.79 Å². The van der Waals surface area contributed by atoms with Crippen molar-refractivity contribution >= 4 is 22.6 Å². The van der Waals surface area contributed by atoms with Crippen LogP contribution in [0.25, 0.3) is 10.8 Å². The van der Waals surface area contributed by atoms with Crippen molar-refractivity contribution in [3.63, 3.8) is 0 Å². The first kappa shape index (κ1) is 16.3. The Balaban J connectivity index is 1.67. The maximum Gasteiger partial charge on any atom is 0.334 e. The van der Waals surface area contributed by atoms with E-state index in [0.29, 0.717) is 12.3 Å². The van der Waals surface area contributed by atoms with Crippen LogP contribution in [0.5, 0.6) is 5.75 Å². The number of fused-ring (bicyclic) bond motifs is 1. The molecule has 0 aromatic heterocycles. The topological polar surface area (TPSA) is 76.1 Å². The standard InChI is InChI=1S/C18H19NO5/c1-12-9-19(10-16(24-12)18(21)22)17(20)11-23-15-8-4-6-13-5-2-3-7-14(13)15/h2-8,12,16H,9-11H2,1H3,(H,21,22)/t12-,16?/m1/s1. The van der Waals surface area contributed by atoms with E-state index in [1.807, 2.05) is 42.5 Å². The summed E-state index contributed by atoms with van der Waals surface area (Å²) in [4.78, 5) is 25.0. The molecule has 1 aliphatic heterocycles. The normalized spacial score (nSPS) is 20.8. The Labute approximate surface area is 139 Å². The average Bonchev–Trinajstić information content (AvgIpc) is 2.59. The number of hydrogen-bond donors (Lipinski definition) is 1. The molecule has 1 saturated heterocycles. The Morgan fingerprint density at radius 3 is 2.75 bits per heavy atom. The van der Waals surface area contributed by atoms with Crippen LogP contribution in [0.2, 0.25) is 0 Å². The summed E-state index contributed by atoms with van der Waals surface area (Å²) in [6, 6.07) is 13.4. The van der Waals surface area contributed by atoms with Crippen molar-refractivity contribution in [1.82, 2.24) is 4.90 Å². The van der Waals surface area contributed by atoms with Crippen LogP contribution in [-0.2, 0) is 14.3 Å². The first-order valence-electron chi connectivity index (χ1n) is 7.81. The van der Waals surface area contributed by atoms with Crippen LogP contribution in [-0.4, -0.2) is 53.8 Å². The fraction of sp³-hybridized carbons (Fsp3) is 0.333. The Morgan fingerprint density at radius 1 is 1.21 bits per heavy atom. The van der Waals surface area contributed by atoms with Crippen molar-refractivity contribution < 1.29 is 24.2 Å². The number of carboxylic acid groups (broad SMARTS) is 1. The van der Waals surface area contributed by atoms with Crippen LogP contribution >= 0.6 is 0 Å². The molecular weight excluding hydrogens is 310 g/mol. The molecule has 1 fully saturated rings. The van der Waals surface area contributed by atoms with Gasteiger partial charge in [0.1, 0.15) is 5.75 Å². The minimum atomic E-state index is -1.06. The summed E-state index contributed by atoms with van der Waals surface area (Å²) in [5, 5.41) is 11.1. The molecule has 24 heavy (non-hydrogen) atoms. The highest BCUT2D eigenvalue weighted by Gasteiger charge is 2.32. The van der Waals surface area contributed by atoms with Gasteiger partial charge in [-0.15, -0.1) is 0 Å². The highest BCUT2D eigenvalue weighted by atomic mass is 16.5. The molecule has 0 spiro atoms. The highest BCUT2D eigenvalue weighted by molar-refractivity contribution is 5.88. The monoisotopic (exact) mass is 329 g/mol. The number of carboxylic acids is 1. The maximum absolute atomic E-state index is 12.4. The average molecular weight is 329 g/mol. The van der Waals surface area contributed by atoms with E-state index in [2.05, 4.69) is 0 Å². The minimum Gasteiger partial charge on any atom is -0.483 e. The van der Waals surface area contributed by atoms with E-state index in [1.165, 1.54) is 4.90 Å². The van der Waals surface area contributed by atoms with Crippen molar-refractivity contribution in [2.45, 2.75) is 19.1 Å². The smallest absolute Gasteiger partial charge is 0.334 e. The Bertz CT molecular complexity index is 755. The maximum atomic E-state index is 12.4. The van der Waals surface area contributed by atoms with Gasteiger partial charge in [0.2, 0.25) is 0 Å². The molecule has 0 radical (unpaired) electrons. The summed E-state index contributed by atoms with van der Waals surface area (Å²) in [7, 11) is 0. The zero-order valence-corrected chi connectivity index (χ0v) is 13.3. The second-order valence-corrected chi connectivity index (χ2v) is 5.84. The summed E-state index contributed by atoms with van der Waals surface area (Å²) in [6.45, 7) is 2.02. The molecule has 2 aromatic rings. The molecule has 0 saturated carbocycles. The van der Waals surface area contributed by atoms with E-state index in [4.69, 9.17) is 14.6 Å². The molecular formula is C18H19NO5. The van der Waals surface area contributed by atoms with E-state index in [9.17, 15) is 9.59 Å². The first-order valence-corrected chi connectivity index (χ1v) is 7.81. The molecule has 126 valence electrons. The van der Waals surface area contributed by atoms with Gasteiger partial charge < -0.3 is 19.5 Å². The van der Waals surface area contributed by atoms with Crippen LogP contribution in [0.3, 0.4) is 0 Å². The van der Waals surface area contributed by atoms with E-state index in [1.54, 1.807) is 6.92 Å². The number of nitrogens with zero attached hydrogens (tertiary/aromatic N) is 1. The third-order valence-corrected chi connectivity index (χ3v) is 3.99. The Morgan fingerprint density at radius 2 is 1.96 bits per heavy atom. The third kappa shape index (κ3) is 3.49. The Kier molecular flexibility index (Phi) is 4.66. The van der Waals surface area contributed by atoms with Gasteiger partial charge in [-0.2, -0.15) is 0 Å². The van der Waals surface area contributed by atoms with Gasteiger partial charge in [-0.1, -0.05) is 36.4 Å². The number of carbonyl (C=O) groups is 2. The molecule has 1 amide bonds. The molecule has 1 N–H and O–H groups in total. The number of carbonyl (C=O) groups excluding carboxylic acids is 1. The number of morpholine rings is 1. The van der Waals surface area contributed by atoms with Gasteiger partial charge in [-0.05, 0) is 18.4 Å². The van der Waals surface area contributed by atoms with Gasteiger partial charge in [0, 0.05) is 11.9 Å². The zero-order valence-electron chi connectivity index (χ0n) is 13.3. The van der Waals surface area contributed by atoms with Crippen molar-refractivity contribution in [1.29, 1.82) is 0 Å². The van der Waals surface area contributed by atoms with E-state index in [-0.39, 0.29) is 25.2 Å². The molecule has 1 aliphatic rings. The first-order chi connectivity index (χ1) is 11.5. The Hall–Kier alpha value is -2.60. The number of amides is 1. The van der Waals surface area contributed by atoms with E-state index < -0.39 is 12.1 Å². The van der Waals surface area contributed by atoms with Gasteiger partial charge in [0.05, 0.1) is 12.6 Å². The second-order valence-electron chi connectivity index (χ2n) is 5.84. The zero-order chi connectivity index (χ0) is 17.1. The quantitative estimate of drug-likeness (QED) is 0.927. The number of aliphatic carboxylic acids is 1. The molecule has 2 atom stereocenters. The van der Waals surface area contributed by atoms with Crippen molar-refractivity contribution in [3.8, 4) is 5.75 Å². The van der Waals surface area contributed by atoms with Crippen LogP contribution in [0.1, 0.15) is 6.92 Å². The highest BCUT2D eigenvalue weighted by Crippen LogP contribution is 2.25. The van der Waals surface area contributed by atoms with Gasteiger partial charge in [-0.3, -0.25) is 4.79 Å². The van der Waals surface area contributed by atoms with Crippen LogP contribution < -0.4 is 4.74 Å². The number of ether oxygens (including phenoxy) is 2. The van der Waals surface area contributed by atoms with Gasteiger partial charge in [0.15, 0.2) is 12.7 Å². The molecule has 6 nitrogen and oxygen atoms in total. The summed E-state index contributed by atoms with van der Waals surface area (Å²) in [5.41, 5.74) is 0. The number of benzene rings is 2. The lowest BCUT2D eigenvalue weighted by molar-refractivity contribution is -0.167. The lowest BCUT2D eigenvalue weighted by atomic mass is 10.1. The van der Waals surface area contributed by atoms with Crippen LogP contribution in [0.4, 0.5) is 0 Å². The van der Waals surface area contributed by atoms with Crippen molar-refractivity contribution in [2.75, 3.05) is 19.7 Å². The molecule has 2 aromatic carbocycles. The minimum absolute atomic E-state index is 0.0391. The molecule has 0 aliphatic carbocycles. The van der Waals surface area contributed by atoms with Crippen molar-refractivity contribution in [3.05, 3.63) is 42.5 Å². The summed E-state index contributed by atoms with van der Waals surface area (Å²) in [6.07, 6.45) is -1.31. The predicted molar refractivity (Wildman–Crippen MR) is 88.0 cm³/mol. The largest absolute Gasteiger partial charge is 0.483 e. The van der Waals surface area contributed by atoms with Gasteiger partial charge in [0.25, 0.3) is 5.91 Å². The second kappa shape index (κ2) is 6.88. The molecule has 1 unspecified atom stereocenters. The van der Waals surface area contributed by atoms with Gasteiger partial charge >= 0.3 is 5.97 Å². The van der Waals surface area contributed by atoms with E-state index >= 15 is 0 Å². The molecule has 6 heteroatoms. The molecule has 0 bridgehead atoms. The summed E-state index contributed by atoms with van der Waals surface area (Å²) in [5.74, 6) is -0.670. The predicted octanol–water partition coefficient (Wildman–Crippen LogP) is 1.92. The van der Waals surface area contributed by atoms with Crippen molar-refractivity contribution in [2.24, 2.45) is 0 Å². The lowest BCUT2D eigenvalue weighted by Crippen LogP contribution is -2.52. The number of rotatable bonds is 4. The summed E-state index contributed by atoms with van der Waals surface area (Å²) >= 11 is 0. The lowest BCUT2D eigenvalue weighted by Gasteiger charge is -2.34. The summed E-state index contributed by atoms with van der Waals surface area (Å²) < 4.78 is 11.0. The number of hydrogen-bond acceptors (Lipinski definition) is 4. The third-order valence-electron chi connectivity index (χ3n) is 3.99.